The second-order valence-corrected chi connectivity index (χ2v) is 4.90. The van der Waals surface area contributed by atoms with Gasteiger partial charge in [-0.1, -0.05) is 23.7 Å². The molecule has 0 spiro atoms. The van der Waals surface area contributed by atoms with Gasteiger partial charge in [0.25, 0.3) is 5.91 Å². The highest BCUT2D eigenvalue weighted by atomic mass is 35.5. The Hall–Kier alpha value is -2.40. The number of rotatable bonds is 5. The first-order chi connectivity index (χ1) is 10.0. The molecule has 0 saturated carbocycles. The van der Waals surface area contributed by atoms with Crippen LogP contribution in [0, 0.1) is 0 Å². The van der Waals surface area contributed by atoms with Gasteiger partial charge in [-0.05, 0) is 29.8 Å². The van der Waals surface area contributed by atoms with Crippen LogP contribution < -0.4 is 21.5 Å². The smallest absolute Gasteiger partial charge is 0.250 e. The zero-order chi connectivity index (χ0) is 15.4. The number of ether oxygens (including phenoxy) is 1. The predicted octanol–water partition coefficient (Wildman–Crippen LogP) is 2.64. The van der Waals surface area contributed by atoms with Crippen molar-refractivity contribution in [2.75, 3.05) is 18.2 Å². The molecule has 0 fully saturated rings. The lowest BCUT2D eigenvalue weighted by atomic mass is 10.1. The molecule has 0 aromatic heterocycles. The van der Waals surface area contributed by atoms with E-state index in [9.17, 15) is 4.79 Å². The minimum absolute atomic E-state index is 0.267. The number of carbonyl (C=O) groups is 1. The maximum Gasteiger partial charge on any atom is 0.250 e. The van der Waals surface area contributed by atoms with E-state index in [-0.39, 0.29) is 5.56 Å². The minimum Gasteiger partial charge on any atom is -0.497 e. The summed E-state index contributed by atoms with van der Waals surface area (Å²) in [6, 6.07) is 10.6. The summed E-state index contributed by atoms with van der Waals surface area (Å²) in [6.45, 7) is 0.473. The van der Waals surface area contributed by atoms with E-state index in [1.165, 1.54) is 6.07 Å². The van der Waals surface area contributed by atoms with E-state index >= 15 is 0 Å². The second-order valence-electron chi connectivity index (χ2n) is 4.49. The van der Waals surface area contributed by atoms with Gasteiger partial charge in [-0.3, -0.25) is 4.79 Å². The number of methoxy groups -OCH3 is 1. The first kappa shape index (κ1) is 15.0. The third-order valence-corrected chi connectivity index (χ3v) is 3.28. The molecular weight excluding hydrogens is 290 g/mol. The monoisotopic (exact) mass is 305 g/mol. The number of amides is 1. The fourth-order valence-electron chi connectivity index (χ4n) is 1.97. The van der Waals surface area contributed by atoms with Crippen LogP contribution in [0.1, 0.15) is 15.9 Å². The van der Waals surface area contributed by atoms with Crippen LogP contribution in [-0.4, -0.2) is 13.0 Å². The Labute approximate surface area is 127 Å². The van der Waals surface area contributed by atoms with Crippen molar-refractivity contribution in [3.8, 4) is 5.75 Å². The summed E-state index contributed by atoms with van der Waals surface area (Å²) in [5.41, 5.74) is 13.1. The van der Waals surface area contributed by atoms with E-state index in [2.05, 4.69) is 5.32 Å². The van der Waals surface area contributed by atoms with E-state index in [4.69, 9.17) is 27.8 Å². The lowest BCUT2D eigenvalue weighted by Gasteiger charge is -2.13. The van der Waals surface area contributed by atoms with E-state index in [0.29, 0.717) is 22.9 Å². The molecule has 0 aliphatic rings. The Balaban J connectivity index is 2.25. The zero-order valence-electron chi connectivity index (χ0n) is 11.5. The Morgan fingerprint density at radius 3 is 2.76 bits per heavy atom. The van der Waals surface area contributed by atoms with Crippen molar-refractivity contribution < 1.29 is 9.53 Å². The normalized spacial score (nSPS) is 10.2. The SMILES string of the molecule is COc1cccc(CNc2c(Cl)cc(N)cc2C(N)=O)c1. The number of carbonyl (C=O) groups excluding carboxylic acids is 1. The van der Waals surface area contributed by atoms with Crippen molar-refractivity contribution in [2.45, 2.75) is 6.54 Å². The average Bonchev–Trinajstić information content (AvgIpc) is 2.45. The summed E-state index contributed by atoms with van der Waals surface area (Å²) in [5, 5.41) is 3.47. The number of nitrogens with two attached hydrogens (primary N) is 2. The average molecular weight is 306 g/mol. The fourth-order valence-corrected chi connectivity index (χ4v) is 2.27. The Morgan fingerprint density at radius 2 is 2.10 bits per heavy atom. The van der Waals surface area contributed by atoms with Gasteiger partial charge in [0.15, 0.2) is 0 Å². The lowest BCUT2D eigenvalue weighted by Crippen LogP contribution is -2.15. The van der Waals surface area contributed by atoms with Crippen LogP contribution in [-0.2, 0) is 6.54 Å². The van der Waals surface area contributed by atoms with Crippen molar-refractivity contribution in [1.29, 1.82) is 0 Å². The van der Waals surface area contributed by atoms with Gasteiger partial charge >= 0.3 is 0 Å². The highest BCUT2D eigenvalue weighted by molar-refractivity contribution is 6.34. The summed E-state index contributed by atoms with van der Waals surface area (Å²) in [5.74, 6) is 0.171. The summed E-state index contributed by atoms with van der Waals surface area (Å²) in [7, 11) is 1.61. The first-order valence-corrected chi connectivity index (χ1v) is 6.64. The van der Waals surface area contributed by atoms with Gasteiger partial charge in [0.1, 0.15) is 5.75 Å². The van der Waals surface area contributed by atoms with Crippen LogP contribution >= 0.6 is 11.6 Å². The van der Waals surface area contributed by atoms with Gasteiger partial charge in [-0.25, -0.2) is 0 Å². The number of anilines is 2. The van der Waals surface area contributed by atoms with Crippen molar-refractivity contribution in [1.82, 2.24) is 0 Å². The Kier molecular flexibility index (Phi) is 4.55. The van der Waals surface area contributed by atoms with Crippen LogP contribution in [0.4, 0.5) is 11.4 Å². The molecule has 1 amide bonds. The van der Waals surface area contributed by atoms with Gasteiger partial charge in [0.05, 0.1) is 23.4 Å². The van der Waals surface area contributed by atoms with Gasteiger partial charge in [0, 0.05) is 12.2 Å². The number of halogens is 1. The first-order valence-electron chi connectivity index (χ1n) is 6.27. The molecule has 0 saturated heterocycles. The molecule has 2 aromatic carbocycles. The molecule has 110 valence electrons. The Bertz CT molecular complexity index is 674. The molecule has 5 N–H and O–H groups in total. The number of benzene rings is 2. The largest absolute Gasteiger partial charge is 0.497 e. The molecule has 0 heterocycles. The molecule has 2 aromatic rings. The number of primary amides is 1. The summed E-state index contributed by atoms with van der Waals surface area (Å²) in [4.78, 5) is 11.5. The molecule has 0 atom stereocenters. The summed E-state index contributed by atoms with van der Waals surface area (Å²) < 4.78 is 5.16. The number of nitrogen functional groups attached to an aromatic ring is 1. The molecule has 6 heteroatoms. The van der Waals surface area contributed by atoms with Crippen LogP contribution in [0.5, 0.6) is 5.75 Å². The lowest BCUT2D eigenvalue weighted by molar-refractivity contribution is 0.100. The van der Waals surface area contributed by atoms with Gasteiger partial charge in [0.2, 0.25) is 0 Å². The van der Waals surface area contributed by atoms with Gasteiger partial charge in [-0.2, -0.15) is 0 Å². The number of nitrogens with one attached hydrogen (secondary N) is 1. The summed E-state index contributed by atoms with van der Waals surface area (Å²) in [6.07, 6.45) is 0. The van der Waals surface area contributed by atoms with Crippen LogP contribution in [0.25, 0.3) is 0 Å². The van der Waals surface area contributed by atoms with Crippen molar-refractivity contribution in [3.05, 3.63) is 52.5 Å². The molecule has 0 bridgehead atoms. The fraction of sp³-hybridized carbons (Fsp3) is 0.133. The maximum absolute atomic E-state index is 11.5. The van der Waals surface area contributed by atoms with Crippen molar-refractivity contribution >= 4 is 28.9 Å². The highest BCUT2D eigenvalue weighted by Crippen LogP contribution is 2.29. The summed E-state index contributed by atoms with van der Waals surface area (Å²) >= 11 is 6.13. The third kappa shape index (κ3) is 3.58. The Morgan fingerprint density at radius 1 is 1.33 bits per heavy atom. The molecule has 2 rings (SSSR count). The van der Waals surface area contributed by atoms with E-state index in [1.807, 2.05) is 24.3 Å². The van der Waals surface area contributed by atoms with E-state index < -0.39 is 5.91 Å². The molecule has 0 aliphatic carbocycles. The molecule has 0 unspecified atom stereocenters. The number of hydrogen-bond donors (Lipinski definition) is 3. The molecular formula is C15H16ClN3O2. The van der Waals surface area contributed by atoms with E-state index in [1.54, 1.807) is 13.2 Å². The van der Waals surface area contributed by atoms with Crippen LogP contribution in [0.15, 0.2) is 36.4 Å². The van der Waals surface area contributed by atoms with Crippen LogP contribution in [0.3, 0.4) is 0 Å². The minimum atomic E-state index is -0.586. The quantitative estimate of drug-likeness (QED) is 0.741. The van der Waals surface area contributed by atoms with Crippen LogP contribution in [0.2, 0.25) is 5.02 Å². The topological polar surface area (TPSA) is 90.4 Å². The van der Waals surface area contributed by atoms with E-state index in [0.717, 1.165) is 11.3 Å². The molecule has 5 nitrogen and oxygen atoms in total. The van der Waals surface area contributed by atoms with Crippen molar-refractivity contribution in [2.24, 2.45) is 5.73 Å². The predicted molar refractivity (Wildman–Crippen MR) is 84.7 cm³/mol. The number of hydrogen-bond acceptors (Lipinski definition) is 4. The molecule has 0 aliphatic heterocycles. The molecule has 21 heavy (non-hydrogen) atoms. The maximum atomic E-state index is 11.5. The van der Waals surface area contributed by atoms with Gasteiger partial charge in [-0.15, -0.1) is 0 Å². The second kappa shape index (κ2) is 6.37. The third-order valence-electron chi connectivity index (χ3n) is 2.98. The zero-order valence-corrected chi connectivity index (χ0v) is 12.3. The highest BCUT2D eigenvalue weighted by Gasteiger charge is 2.13. The van der Waals surface area contributed by atoms with Crippen molar-refractivity contribution in [3.63, 3.8) is 0 Å². The van der Waals surface area contributed by atoms with Gasteiger partial charge < -0.3 is 21.5 Å². The molecule has 0 radical (unpaired) electrons. The standard InChI is InChI=1S/C15H16ClN3O2/c1-21-11-4-2-3-9(5-11)8-19-14-12(15(18)20)6-10(17)7-13(14)16/h2-7,19H,8,17H2,1H3,(H2,18,20).